The van der Waals surface area contributed by atoms with Gasteiger partial charge in [0.15, 0.2) is 0 Å². The molecule has 0 saturated heterocycles. The molecule has 2 heterocycles. The van der Waals surface area contributed by atoms with Gasteiger partial charge in [-0.15, -0.1) is 5.10 Å². The summed E-state index contributed by atoms with van der Waals surface area (Å²) in [7, 11) is 0. The molecule has 1 aliphatic heterocycles. The van der Waals surface area contributed by atoms with Crippen molar-refractivity contribution in [2.75, 3.05) is 25.0 Å². The highest BCUT2D eigenvalue weighted by molar-refractivity contribution is 7.07. The molecule has 0 radical (unpaired) electrons. The van der Waals surface area contributed by atoms with Crippen molar-refractivity contribution in [2.45, 2.75) is 27.2 Å². The largest absolute Gasteiger partial charge is 0.450 e. The number of carbonyl (C=O) groups is 2. The van der Waals surface area contributed by atoms with Crippen molar-refractivity contribution in [1.82, 2.24) is 14.5 Å². The molecule has 2 aromatic rings. The number of aryl methyl sites for hydroxylation is 1. The first kappa shape index (κ1) is 19.8. The zero-order chi connectivity index (χ0) is 20.1. The predicted molar refractivity (Wildman–Crippen MR) is 107 cm³/mol. The zero-order valence-electron chi connectivity index (χ0n) is 16.0. The van der Waals surface area contributed by atoms with Crippen molar-refractivity contribution >= 4 is 35.0 Å². The number of rotatable bonds is 4. The summed E-state index contributed by atoms with van der Waals surface area (Å²) in [5.41, 5.74) is 4.53. The maximum Gasteiger partial charge on any atom is 0.418 e. The summed E-state index contributed by atoms with van der Waals surface area (Å²) in [5.74, 6) is 0. The van der Waals surface area contributed by atoms with Crippen LogP contribution < -0.4 is 10.1 Å². The molecule has 2 amide bonds. The molecule has 8 nitrogen and oxygen atoms in total. The van der Waals surface area contributed by atoms with E-state index in [-0.39, 0.29) is 6.09 Å². The minimum Gasteiger partial charge on any atom is -0.450 e. The first-order valence-electron chi connectivity index (χ1n) is 8.96. The third-order valence-electron chi connectivity index (χ3n) is 4.42. The summed E-state index contributed by atoms with van der Waals surface area (Å²) in [5, 5.41) is 6.85. The van der Waals surface area contributed by atoms with E-state index in [1.807, 2.05) is 12.1 Å². The van der Waals surface area contributed by atoms with E-state index in [4.69, 9.17) is 9.47 Å². The zero-order valence-corrected chi connectivity index (χ0v) is 16.8. The van der Waals surface area contributed by atoms with E-state index >= 15 is 0 Å². The van der Waals surface area contributed by atoms with Crippen LogP contribution in [0.5, 0.6) is 5.06 Å². The van der Waals surface area contributed by atoms with Gasteiger partial charge in [0.25, 0.3) is 0 Å². The number of benzene rings is 1. The Balaban J connectivity index is 1.65. The second-order valence-electron chi connectivity index (χ2n) is 6.37. The highest BCUT2D eigenvalue weighted by atomic mass is 32.1. The topological polar surface area (TPSA) is 93.7 Å². The standard InChI is InChI=1S/C19H22N4O4S/c1-4-26-19(25)23-10-9-12(2)16(11-23)14-5-7-15(8-6-14)20-18(24)27-17-13(3)21-22-28-17/h5-8H,4,9-11H2,1-3H3,(H,20,24). The van der Waals surface area contributed by atoms with Gasteiger partial charge in [0, 0.05) is 30.3 Å². The van der Waals surface area contributed by atoms with Gasteiger partial charge in [0.2, 0.25) is 5.06 Å². The summed E-state index contributed by atoms with van der Waals surface area (Å²) in [6.07, 6.45) is -0.0762. The van der Waals surface area contributed by atoms with E-state index < -0.39 is 6.09 Å². The van der Waals surface area contributed by atoms with Gasteiger partial charge in [-0.2, -0.15) is 0 Å². The Labute approximate surface area is 167 Å². The van der Waals surface area contributed by atoms with E-state index in [0.717, 1.165) is 29.1 Å². The fraction of sp³-hybridized carbons (Fsp3) is 0.368. The SMILES string of the molecule is CCOC(=O)N1CCC(C)=C(c2ccc(NC(=O)Oc3snnc3C)cc2)C1. The van der Waals surface area contributed by atoms with Crippen LogP contribution in [0.4, 0.5) is 15.3 Å². The van der Waals surface area contributed by atoms with Gasteiger partial charge in [-0.05, 0) is 50.5 Å². The monoisotopic (exact) mass is 402 g/mol. The van der Waals surface area contributed by atoms with Crippen molar-refractivity contribution in [3.05, 3.63) is 41.1 Å². The molecular weight excluding hydrogens is 380 g/mol. The Morgan fingerprint density at radius 3 is 2.64 bits per heavy atom. The number of carbonyl (C=O) groups excluding carboxylic acids is 2. The van der Waals surface area contributed by atoms with E-state index in [0.29, 0.717) is 36.1 Å². The molecule has 0 fully saturated rings. The van der Waals surface area contributed by atoms with Crippen molar-refractivity contribution in [3.8, 4) is 5.06 Å². The second-order valence-corrected chi connectivity index (χ2v) is 7.08. The van der Waals surface area contributed by atoms with Crippen LogP contribution in [-0.2, 0) is 4.74 Å². The van der Waals surface area contributed by atoms with Crippen molar-refractivity contribution in [1.29, 1.82) is 0 Å². The Hall–Kier alpha value is -2.94. The summed E-state index contributed by atoms with van der Waals surface area (Å²) in [6, 6.07) is 7.45. The predicted octanol–water partition coefficient (Wildman–Crippen LogP) is 4.09. The summed E-state index contributed by atoms with van der Waals surface area (Å²) in [4.78, 5) is 25.7. The Morgan fingerprint density at radius 1 is 1.25 bits per heavy atom. The molecule has 3 rings (SSSR count). The van der Waals surface area contributed by atoms with Crippen LogP contribution in [0.15, 0.2) is 29.8 Å². The minimum absolute atomic E-state index is 0.290. The van der Waals surface area contributed by atoms with Crippen molar-refractivity contribution < 1.29 is 19.1 Å². The lowest BCUT2D eigenvalue weighted by Gasteiger charge is -2.29. The van der Waals surface area contributed by atoms with Crippen LogP contribution in [0.3, 0.4) is 0 Å². The third-order valence-corrected chi connectivity index (χ3v) is 5.13. The molecule has 0 bridgehead atoms. The molecule has 1 N–H and O–H groups in total. The van der Waals surface area contributed by atoms with Crippen LogP contribution >= 0.6 is 11.5 Å². The first-order chi connectivity index (χ1) is 13.5. The molecular formula is C19H22N4O4S. The Morgan fingerprint density at radius 2 is 2.00 bits per heavy atom. The van der Waals surface area contributed by atoms with E-state index in [1.165, 1.54) is 5.57 Å². The van der Waals surface area contributed by atoms with Gasteiger partial charge in [-0.1, -0.05) is 22.2 Å². The van der Waals surface area contributed by atoms with Crippen LogP contribution in [0, 0.1) is 6.92 Å². The highest BCUT2D eigenvalue weighted by Crippen LogP contribution is 2.28. The van der Waals surface area contributed by atoms with Crippen LogP contribution in [0.25, 0.3) is 5.57 Å². The van der Waals surface area contributed by atoms with Gasteiger partial charge < -0.3 is 14.4 Å². The normalized spacial score (nSPS) is 14.0. The lowest BCUT2D eigenvalue weighted by atomic mass is 9.95. The van der Waals surface area contributed by atoms with Crippen molar-refractivity contribution in [3.63, 3.8) is 0 Å². The summed E-state index contributed by atoms with van der Waals surface area (Å²) in [6.45, 7) is 7.13. The van der Waals surface area contributed by atoms with Crippen LogP contribution in [0.1, 0.15) is 31.5 Å². The number of nitrogens with zero attached hydrogens (tertiary/aromatic N) is 3. The second kappa shape index (κ2) is 8.83. The molecule has 148 valence electrons. The summed E-state index contributed by atoms with van der Waals surface area (Å²) < 4.78 is 14.0. The van der Waals surface area contributed by atoms with Gasteiger partial charge >= 0.3 is 12.2 Å². The molecule has 1 aromatic heterocycles. The number of hydrogen-bond donors (Lipinski definition) is 1. The fourth-order valence-electron chi connectivity index (χ4n) is 2.87. The number of hydrogen-bond acceptors (Lipinski definition) is 7. The molecule has 9 heteroatoms. The number of amides is 2. The van der Waals surface area contributed by atoms with Crippen LogP contribution in [0.2, 0.25) is 0 Å². The smallest absolute Gasteiger partial charge is 0.418 e. The number of anilines is 1. The molecule has 0 atom stereocenters. The maximum atomic E-state index is 12.0. The van der Waals surface area contributed by atoms with Crippen molar-refractivity contribution in [2.24, 2.45) is 0 Å². The highest BCUT2D eigenvalue weighted by Gasteiger charge is 2.22. The molecule has 1 aromatic carbocycles. The molecule has 28 heavy (non-hydrogen) atoms. The number of nitrogens with one attached hydrogen (secondary N) is 1. The third kappa shape index (κ3) is 4.66. The average Bonchev–Trinajstić information content (AvgIpc) is 3.07. The molecule has 0 spiro atoms. The molecule has 0 unspecified atom stereocenters. The quantitative estimate of drug-likeness (QED) is 0.828. The van der Waals surface area contributed by atoms with E-state index in [1.54, 1.807) is 30.9 Å². The van der Waals surface area contributed by atoms with E-state index in [2.05, 4.69) is 21.8 Å². The number of aromatic nitrogens is 2. The first-order valence-corrected chi connectivity index (χ1v) is 9.73. The van der Waals surface area contributed by atoms with Gasteiger partial charge in [0.1, 0.15) is 5.69 Å². The maximum absolute atomic E-state index is 12.0. The number of ether oxygens (including phenoxy) is 2. The minimum atomic E-state index is -0.594. The Bertz CT molecular complexity index is 892. The van der Waals surface area contributed by atoms with Crippen LogP contribution in [-0.4, -0.2) is 46.4 Å². The van der Waals surface area contributed by atoms with Gasteiger partial charge in [-0.3, -0.25) is 5.32 Å². The average molecular weight is 402 g/mol. The lowest BCUT2D eigenvalue weighted by Crippen LogP contribution is -2.36. The molecule has 1 aliphatic rings. The molecule has 0 saturated carbocycles. The molecule has 0 aliphatic carbocycles. The summed E-state index contributed by atoms with van der Waals surface area (Å²) >= 11 is 1.02. The van der Waals surface area contributed by atoms with E-state index in [9.17, 15) is 9.59 Å². The Kier molecular flexibility index (Phi) is 6.25. The van der Waals surface area contributed by atoms with Gasteiger partial charge in [0.05, 0.1) is 6.61 Å². The van der Waals surface area contributed by atoms with Gasteiger partial charge in [-0.25, -0.2) is 9.59 Å². The lowest BCUT2D eigenvalue weighted by molar-refractivity contribution is 0.111. The fourth-order valence-corrected chi connectivity index (χ4v) is 3.39.